The molecule has 0 saturated heterocycles. The van der Waals surface area contributed by atoms with Crippen LogP contribution in [0.1, 0.15) is 19.8 Å². The molecule has 64 valence electrons. The van der Waals surface area contributed by atoms with Crippen LogP contribution in [0.4, 0.5) is 11.6 Å². The summed E-state index contributed by atoms with van der Waals surface area (Å²) in [4.78, 5) is 8.05. The fourth-order valence-corrected chi connectivity index (χ4v) is 1.04. The fourth-order valence-electron chi connectivity index (χ4n) is 1.04. The number of nitrogens with two attached hydrogens (primary N) is 1. The van der Waals surface area contributed by atoms with Crippen LogP contribution in [-0.4, -0.2) is 15.5 Å². The van der Waals surface area contributed by atoms with Crippen LogP contribution in [0.2, 0.25) is 0 Å². The third kappa shape index (κ3) is 1.32. The van der Waals surface area contributed by atoms with Gasteiger partial charge in [0.25, 0.3) is 0 Å². The lowest BCUT2D eigenvalue weighted by molar-refractivity contribution is 0.820. The van der Waals surface area contributed by atoms with Gasteiger partial charge in [-0.05, 0) is 19.8 Å². The second-order valence-corrected chi connectivity index (χ2v) is 3.48. The standard InChI is InChI=1S/C8H12N4/c1-8(2-3-8)12-7-6(9)10-4-5-11-7/h4-5H,2-3H2,1H3,(H2,9,10)(H,11,12). The minimum atomic E-state index is 0.212. The number of hydrogen-bond donors (Lipinski definition) is 2. The molecule has 4 nitrogen and oxygen atoms in total. The topological polar surface area (TPSA) is 63.8 Å². The molecule has 0 bridgehead atoms. The Kier molecular flexibility index (Phi) is 1.43. The average Bonchev–Trinajstić information content (AvgIpc) is 2.74. The molecule has 1 aromatic heterocycles. The molecule has 2 rings (SSSR count). The zero-order valence-electron chi connectivity index (χ0n) is 7.04. The molecule has 4 heteroatoms. The summed E-state index contributed by atoms with van der Waals surface area (Å²) < 4.78 is 0. The average molecular weight is 164 g/mol. The Morgan fingerprint density at radius 3 is 2.67 bits per heavy atom. The van der Waals surface area contributed by atoms with Gasteiger partial charge in [-0.2, -0.15) is 0 Å². The number of anilines is 2. The Morgan fingerprint density at radius 2 is 2.08 bits per heavy atom. The van der Waals surface area contributed by atoms with Gasteiger partial charge in [-0.15, -0.1) is 0 Å². The van der Waals surface area contributed by atoms with Gasteiger partial charge in [0.05, 0.1) is 0 Å². The largest absolute Gasteiger partial charge is 0.381 e. The molecule has 1 aliphatic rings. The third-order valence-electron chi connectivity index (χ3n) is 2.15. The second kappa shape index (κ2) is 2.33. The number of nitrogens with one attached hydrogen (secondary N) is 1. The molecular formula is C8H12N4. The lowest BCUT2D eigenvalue weighted by Gasteiger charge is -2.12. The molecule has 1 fully saturated rings. The zero-order chi connectivity index (χ0) is 8.60. The molecule has 0 aromatic carbocycles. The maximum absolute atomic E-state index is 5.62. The van der Waals surface area contributed by atoms with Crippen molar-refractivity contribution in [3.63, 3.8) is 0 Å². The molecule has 12 heavy (non-hydrogen) atoms. The number of nitrogen functional groups attached to an aromatic ring is 1. The quantitative estimate of drug-likeness (QED) is 0.685. The van der Waals surface area contributed by atoms with Gasteiger partial charge in [0, 0.05) is 17.9 Å². The number of nitrogens with zero attached hydrogens (tertiary/aromatic N) is 2. The van der Waals surface area contributed by atoms with E-state index in [4.69, 9.17) is 5.73 Å². The molecule has 0 radical (unpaired) electrons. The van der Waals surface area contributed by atoms with Crippen molar-refractivity contribution in [2.75, 3.05) is 11.1 Å². The van der Waals surface area contributed by atoms with Crippen LogP contribution in [0.15, 0.2) is 12.4 Å². The van der Waals surface area contributed by atoms with Crippen molar-refractivity contribution in [3.05, 3.63) is 12.4 Å². The van der Waals surface area contributed by atoms with Crippen molar-refractivity contribution in [1.29, 1.82) is 0 Å². The highest BCUT2D eigenvalue weighted by molar-refractivity contribution is 5.57. The highest BCUT2D eigenvalue weighted by atomic mass is 15.1. The minimum Gasteiger partial charge on any atom is -0.381 e. The summed E-state index contributed by atoms with van der Waals surface area (Å²) in [5.41, 5.74) is 5.83. The second-order valence-electron chi connectivity index (χ2n) is 3.48. The Bertz CT molecular complexity index is 293. The molecule has 3 N–H and O–H groups in total. The van der Waals surface area contributed by atoms with E-state index in [9.17, 15) is 0 Å². The Morgan fingerprint density at radius 1 is 1.42 bits per heavy atom. The molecule has 1 aliphatic carbocycles. The van der Waals surface area contributed by atoms with Gasteiger partial charge in [-0.1, -0.05) is 0 Å². The first-order valence-corrected chi connectivity index (χ1v) is 4.04. The van der Waals surface area contributed by atoms with E-state index in [1.807, 2.05) is 0 Å². The lowest BCUT2D eigenvalue weighted by Crippen LogP contribution is -2.18. The maximum Gasteiger partial charge on any atom is 0.169 e. The van der Waals surface area contributed by atoms with Crippen molar-refractivity contribution >= 4 is 11.6 Å². The summed E-state index contributed by atoms with van der Waals surface area (Å²) in [5, 5.41) is 3.26. The van der Waals surface area contributed by atoms with Gasteiger partial charge < -0.3 is 11.1 Å². The van der Waals surface area contributed by atoms with Gasteiger partial charge >= 0.3 is 0 Å². The monoisotopic (exact) mass is 164 g/mol. The van der Waals surface area contributed by atoms with Crippen molar-refractivity contribution in [2.45, 2.75) is 25.3 Å². The highest BCUT2D eigenvalue weighted by Crippen LogP contribution is 2.38. The van der Waals surface area contributed by atoms with Crippen LogP contribution < -0.4 is 11.1 Å². The Balaban J connectivity index is 2.17. The van der Waals surface area contributed by atoms with Gasteiger partial charge in [0.1, 0.15) is 0 Å². The first-order chi connectivity index (χ1) is 5.70. The van der Waals surface area contributed by atoms with E-state index >= 15 is 0 Å². The summed E-state index contributed by atoms with van der Waals surface area (Å²) in [6.45, 7) is 2.15. The summed E-state index contributed by atoms with van der Waals surface area (Å²) >= 11 is 0. The summed E-state index contributed by atoms with van der Waals surface area (Å²) in [6, 6.07) is 0. The van der Waals surface area contributed by atoms with Gasteiger partial charge in [-0.25, -0.2) is 9.97 Å². The molecular weight excluding hydrogens is 152 g/mol. The molecule has 0 atom stereocenters. The molecule has 0 amide bonds. The molecule has 1 saturated carbocycles. The van der Waals surface area contributed by atoms with E-state index in [1.165, 1.54) is 12.8 Å². The molecule has 1 heterocycles. The van der Waals surface area contributed by atoms with Crippen molar-refractivity contribution in [3.8, 4) is 0 Å². The van der Waals surface area contributed by atoms with E-state index in [0.29, 0.717) is 11.6 Å². The molecule has 0 unspecified atom stereocenters. The Hall–Kier alpha value is -1.32. The van der Waals surface area contributed by atoms with E-state index in [1.54, 1.807) is 12.4 Å². The van der Waals surface area contributed by atoms with E-state index < -0.39 is 0 Å². The summed E-state index contributed by atoms with van der Waals surface area (Å²) in [7, 11) is 0. The van der Waals surface area contributed by atoms with E-state index in [0.717, 1.165) is 0 Å². The van der Waals surface area contributed by atoms with Crippen molar-refractivity contribution in [1.82, 2.24) is 9.97 Å². The lowest BCUT2D eigenvalue weighted by atomic mass is 10.3. The van der Waals surface area contributed by atoms with Crippen molar-refractivity contribution < 1.29 is 0 Å². The molecule has 0 spiro atoms. The minimum absolute atomic E-state index is 0.212. The van der Waals surface area contributed by atoms with Crippen LogP contribution in [-0.2, 0) is 0 Å². The first kappa shape index (κ1) is 7.34. The number of aromatic nitrogens is 2. The number of rotatable bonds is 2. The van der Waals surface area contributed by atoms with Crippen LogP contribution in [0, 0.1) is 0 Å². The SMILES string of the molecule is CC1(Nc2nccnc2N)CC1. The van der Waals surface area contributed by atoms with Crippen LogP contribution in [0.3, 0.4) is 0 Å². The Labute approximate surface area is 71.2 Å². The van der Waals surface area contributed by atoms with Gasteiger partial charge in [-0.3, -0.25) is 0 Å². The molecule has 1 aromatic rings. The van der Waals surface area contributed by atoms with Crippen molar-refractivity contribution in [2.24, 2.45) is 0 Å². The van der Waals surface area contributed by atoms with E-state index in [-0.39, 0.29) is 5.54 Å². The first-order valence-electron chi connectivity index (χ1n) is 4.04. The molecule has 0 aliphatic heterocycles. The van der Waals surface area contributed by atoms with Gasteiger partial charge in [0.2, 0.25) is 0 Å². The normalized spacial score (nSPS) is 18.8. The van der Waals surface area contributed by atoms with Crippen LogP contribution in [0.5, 0.6) is 0 Å². The van der Waals surface area contributed by atoms with Crippen LogP contribution in [0.25, 0.3) is 0 Å². The highest BCUT2D eigenvalue weighted by Gasteiger charge is 2.37. The predicted molar refractivity (Wildman–Crippen MR) is 47.7 cm³/mol. The smallest absolute Gasteiger partial charge is 0.169 e. The summed E-state index contributed by atoms with van der Waals surface area (Å²) in [5.74, 6) is 1.18. The third-order valence-corrected chi connectivity index (χ3v) is 2.15. The fraction of sp³-hybridized carbons (Fsp3) is 0.500. The predicted octanol–water partition coefficient (Wildman–Crippen LogP) is 1.02. The zero-order valence-corrected chi connectivity index (χ0v) is 7.04. The van der Waals surface area contributed by atoms with Crippen LogP contribution >= 0.6 is 0 Å². The van der Waals surface area contributed by atoms with E-state index in [2.05, 4.69) is 22.2 Å². The number of hydrogen-bond acceptors (Lipinski definition) is 4. The van der Waals surface area contributed by atoms with Gasteiger partial charge in [0.15, 0.2) is 11.6 Å². The maximum atomic E-state index is 5.62. The summed E-state index contributed by atoms with van der Waals surface area (Å²) in [6.07, 6.45) is 5.60.